The average Bonchev–Trinajstić information content (AvgIpc) is 2.95. The minimum atomic E-state index is 0.862. The lowest BCUT2D eigenvalue weighted by Gasteiger charge is -1.94. The number of hydrogen-bond donors (Lipinski definition) is 0. The van der Waals surface area contributed by atoms with E-state index in [2.05, 4.69) is 15.3 Å². The van der Waals surface area contributed by atoms with E-state index in [1.807, 2.05) is 12.3 Å². The molecule has 0 bridgehead atoms. The SMILES string of the molecule is COc1sc(SC)cc1/C=N\n1cnnc1. The van der Waals surface area contributed by atoms with Gasteiger partial charge >= 0.3 is 0 Å². The van der Waals surface area contributed by atoms with Crippen molar-refractivity contribution in [3.8, 4) is 5.06 Å². The van der Waals surface area contributed by atoms with Gasteiger partial charge in [-0.25, -0.2) is 4.68 Å². The Morgan fingerprint density at radius 3 is 2.88 bits per heavy atom. The molecule has 2 rings (SSSR count). The van der Waals surface area contributed by atoms with E-state index in [1.165, 1.54) is 21.5 Å². The summed E-state index contributed by atoms with van der Waals surface area (Å²) in [5.41, 5.74) is 0.963. The molecule has 0 amide bonds. The van der Waals surface area contributed by atoms with Crippen molar-refractivity contribution in [3.05, 3.63) is 24.3 Å². The van der Waals surface area contributed by atoms with Gasteiger partial charge < -0.3 is 4.74 Å². The van der Waals surface area contributed by atoms with Crippen molar-refractivity contribution in [2.75, 3.05) is 13.4 Å². The van der Waals surface area contributed by atoms with Crippen molar-refractivity contribution < 1.29 is 4.74 Å². The van der Waals surface area contributed by atoms with Gasteiger partial charge in [0.15, 0.2) is 5.06 Å². The van der Waals surface area contributed by atoms with E-state index in [9.17, 15) is 0 Å². The summed E-state index contributed by atoms with van der Waals surface area (Å²) in [5.74, 6) is 0. The summed E-state index contributed by atoms with van der Waals surface area (Å²) in [6.07, 6.45) is 6.83. The summed E-state index contributed by atoms with van der Waals surface area (Å²) in [6, 6.07) is 2.04. The van der Waals surface area contributed by atoms with Crippen LogP contribution in [0.5, 0.6) is 5.06 Å². The first-order valence-corrected chi connectivity index (χ1v) is 6.48. The number of methoxy groups -OCH3 is 1. The maximum absolute atomic E-state index is 5.27. The summed E-state index contributed by atoms with van der Waals surface area (Å²) in [5, 5.41) is 12.4. The number of aromatic nitrogens is 3. The molecule has 0 fully saturated rings. The van der Waals surface area contributed by atoms with Crippen LogP contribution in [0, 0.1) is 0 Å². The normalized spacial score (nSPS) is 11.1. The van der Waals surface area contributed by atoms with E-state index in [0.717, 1.165) is 10.6 Å². The van der Waals surface area contributed by atoms with Gasteiger partial charge in [-0.1, -0.05) is 11.3 Å². The summed E-state index contributed by atoms with van der Waals surface area (Å²) in [4.78, 5) is 0. The van der Waals surface area contributed by atoms with Crippen molar-refractivity contribution >= 4 is 29.3 Å². The molecule has 0 saturated carbocycles. The van der Waals surface area contributed by atoms with E-state index < -0.39 is 0 Å². The largest absolute Gasteiger partial charge is 0.487 e. The van der Waals surface area contributed by atoms with Gasteiger partial charge in [0.05, 0.1) is 17.5 Å². The first-order valence-electron chi connectivity index (χ1n) is 4.44. The Kier molecular flexibility index (Phi) is 3.58. The predicted octanol–water partition coefficient (Wildman–Crippen LogP) is 1.95. The monoisotopic (exact) mass is 254 g/mol. The molecule has 0 spiro atoms. The lowest BCUT2D eigenvalue weighted by molar-refractivity contribution is 0.426. The molecule has 0 unspecified atom stereocenters. The molecule has 16 heavy (non-hydrogen) atoms. The molecule has 0 aliphatic carbocycles. The predicted molar refractivity (Wildman–Crippen MR) is 65.7 cm³/mol. The molecule has 0 aliphatic heterocycles. The number of ether oxygens (including phenoxy) is 1. The first-order chi connectivity index (χ1) is 7.83. The van der Waals surface area contributed by atoms with Crippen molar-refractivity contribution in [1.82, 2.24) is 14.9 Å². The smallest absolute Gasteiger partial charge is 0.183 e. The Balaban J connectivity index is 2.23. The topological polar surface area (TPSA) is 52.3 Å². The zero-order valence-corrected chi connectivity index (χ0v) is 10.5. The van der Waals surface area contributed by atoms with Crippen LogP contribution in [0.3, 0.4) is 0 Å². The number of nitrogens with zero attached hydrogens (tertiary/aromatic N) is 4. The highest BCUT2D eigenvalue weighted by Gasteiger charge is 2.06. The first kappa shape index (κ1) is 11.2. The second kappa shape index (κ2) is 5.13. The molecule has 0 aromatic carbocycles. The van der Waals surface area contributed by atoms with Crippen LogP contribution in [0.1, 0.15) is 5.56 Å². The summed E-state index contributed by atoms with van der Waals surface area (Å²) in [6.45, 7) is 0. The zero-order valence-electron chi connectivity index (χ0n) is 8.82. The fraction of sp³-hybridized carbons (Fsp3) is 0.222. The molecule has 84 valence electrons. The van der Waals surface area contributed by atoms with Gasteiger partial charge in [-0.05, 0) is 12.3 Å². The van der Waals surface area contributed by atoms with Crippen molar-refractivity contribution in [3.63, 3.8) is 0 Å². The molecule has 0 aliphatic rings. The van der Waals surface area contributed by atoms with Gasteiger partial charge in [0, 0.05) is 5.56 Å². The third-order valence-electron chi connectivity index (χ3n) is 1.83. The maximum Gasteiger partial charge on any atom is 0.183 e. The Morgan fingerprint density at radius 2 is 2.25 bits per heavy atom. The van der Waals surface area contributed by atoms with Crippen LogP contribution in [-0.4, -0.2) is 34.5 Å². The quantitative estimate of drug-likeness (QED) is 0.618. The molecule has 0 atom stereocenters. The Bertz CT molecular complexity index is 478. The van der Waals surface area contributed by atoms with Crippen LogP contribution in [0.15, 0.2) is 28.0 Å². The van der Waals surface area contributed by atoms with Gasteiger partial charge in [0.2, 0.25) is 0 Å². The van der Waals surface area contributed by atoms with Crippen molar-refractivity contribution in [2.45, 2.75) is 4.21 Å². The standard InChI is InChI=1S/C9H10N4OS2/c1-14-9-7(3-8(15-2)16-9)4-12-13-5-10-11-6-13/h3-6H,1-2H3/b12-4-. The number of hydrogen-bond acceptors (Lipinski definition) is 6. The second-order valence-corrected chi connectivity index (χ2v) is 4.92. The van der Waals surface area contributed by atoms with E-state index in [0.29, 0.717) is 0 Å². The van der Waals surface area contributed by atoms with Gasteiger partial charge in [0.25, 0.3) is 0 Å². The second-order valence-electron chi connectivity index (χ2n) is 2.80. The average molecular weight is 254 g/mol. The highest BCUT2D eigenvalue weighted by atomic mass is 32.2. The highest BCUT2D eigenvalue weighted by molar-refractivity contribution is 8.00. The lowest BCUT2D eigenvalue weighted by Crippen LogP contribution is -1.88. The number of rotatable bonds is 4. The summed E-state index contributed by atoms with van der Waals surface area (Å²) < 4.78 is 8.01. The van der Waals surface area contributed by atoms with E-state index in [-0.39, 0.29) is 0 Å². The minimum absolute atomic E-state index is 0.862. The molecule has 2 aromatic heterocycles. The van der Waals surface area contributed by atoms with Crippen LogP contribution < -0.4 is 4.74 Å². The molecule has 0 saturated heterocycles. The molecule has 2 aromatic rings. The molecule has 0 radical (unpaired) electrons. The third-order valence-corrected chi connectivity index (χ3v) is 4.00. The van der Waals surface area contributed by atoms with Crippen LogP contribution in [0.2, 0.25) is 0 Å². The number of thiophene rings is 1. The Labute approximate surface area is 101 Å². The summed E-state index contributed by atoms with van der Waals surface area (Å²) in [7, 11) is 1.66. The van der Waals surface area contributed by atoms with E-state index >= 15 is 0 Å². The fourth-order valence-electron chi connectivity index (χ4n) is 1.10. The summed E-state index contributed by atoms with van der Waals surface area (Å²) >= 11 is 3.29. The van der Waals surface area contributed by atoms with Crippen LogP contribution in [0.25, 0.3) is 0 Å². The molecular formula is C9H10N4OS2. The molecular weight excluding hydrogens is 244 g/mol. The molecule has 7 heteroatoms. The zero-order chi connectivity index (χ0) is 11.4. The molecule has 5 nitrogen and oxygen atoms in total. The molecule has 2 heterocycles. The van der Waals surface area contributed by atoms with Gasteiger partial charge in [-0.2, -0.15) is 5.10 Å². The fourth-order valence-corrected chi connectivity index (χ4v) is 2.59. The molecule has 0 N–H and O–H groups in total. The van der Waals surface area contributed by atoms with Crippen LogP contribution in [0.4, 0.5) is 0 Å². The van der Waals surface area contributed by atoms with Crippen LogP contribution >= 0.6 is 23.1 Å². The third kappa shape index (κ3) is 2.42. The van der Waals surface area contributed by atoms with Crippen molar-refractivity contribution in [1.29, 1.82) is 0 Å². The van der Waals surface area contributed by atoms with E-state index in [1.54, 1.807) is 36.4 Å². The maximum atomic E-state index is 5.27. The Hall–Kier alpha value is -1.34. The van der Waals surface area contributed by atoms with Crippen LogP contribution in [-0.2, 0) is 0 Å². The Morgan fingerprint density at radius 1 is 1.50 bits per heavy atom. The van der Waals surface area contributed by atoms with Gasteiger partial charge in [-0.15, -0.1) is 22.0 Å². The van der Waals surface area contributed by atoms with E-state index in [4.69, 9.17) is 4.74 Å². The number of thioether (sulfide) groups is 1. The van der Waals surface area contributed by atoms with Gasteiger partial charge in [0.1, 0.15) is 12.7 Å². The minimum Gasteiger partial charge on any atom is -0.487 e. The van der Waals surface area contributed by atoms with Gasteiger partial charge in [-0.3, -0.25) is 0 Å². The highest BCUT2D eigenvalue weighted by Crippen LogP contribution is 2.34. The lowest BCUT2D eigenvalue weighted by atomic mass is 10.4. The van der Waals surface area contributed by atoms with Crippen molar-refractivity contribution in [2.24, 2.45) is 5.10 Å².